The molecular weight excluding hydrogens is 174 g/mol. The van der Waals surface area contributed by atoms with Gasteiger partial charge in [0.25, 0.3) is 0 Å². The van der Waals surface area contributed by atoms with E-state index in [2.05, 4.69) is 23.3 Å². The van der Waals surface area contributed by atoms with Crippen LogP contribution in [-0.2, 0) is 66.8 Å². The van der Waals surface area contributed by atoms with Gasteiger partial charge in [-0.25, -0.2) is 0 Å². The van der Waals surface area contributed by atoms with Crippen molar-refractivity contribution < 1.29 is 84.0 Å². The summed E-state index contributed by atoms with van der Waals surface area (Å²) in [6.45, 7) is 0. The van der Waals surface area contributed by atoms with E-state index < -0.39 is 0 Å². The Morgan fingerprint density at radius 1 is 0.833 bits per heavy atom. The zero-order chi connectivity index (χ0) is 2.00. The molecule has 0 nitrogen and oxygen atoms in total. The molecule has 0 bridgehead atoms. The molecule has 0 aliphatic heterocycles. The molecule has 0 aromatic rings. The van der Waals surface area contributed by atoms with Crippen LogP contribution in [0.1, 0.15) is 2.85 Å². The van der Waals surface area contributed by atoms with Crippen molar-refractivity contribution in [3.8, 4) is 0 Å². The average Bonchev–Trinajstić information content (AvgIpc) is 1.00. The fraction of sp³-hybridized carbons (Fsp3) is 0. The van der Waals surface area contributed by atoms with Crippen molar-refractivity contribution in [3.63, 3.8) is 0 Å². The normalized spacial score (nSPS) is 1.00. The maximum absolute atomic E-state index is 3.67. The van der Waals surface area contributed by atoms with Crippen molar-refractivity contribution in [1.29, 1.82) is 0 Å². The SMILES string of the molecule is [H-].[H-].[Li+].[Li+].[S-][S-].[Ti].[Ti]. The van der Waals surface area contributed by atoms with Gasteiger partial charge in [0, 0.05) is 43.4 Å². The molecule has 26 valence electrons. The van der Waals surface area contributed by atoms with Gasteiger partial charge in [-0.15, -0.1) is 0 Å². The van der Waals surface area contributed by atoms with Crippen LogP contribution in [0, 0.1) is 0 Å². The minimum absolute atomic E-state index is 0. The third kappa shape index (κ3) is 26.5. The van der Waals surface area contributed by atoms with E-state index in [9.17, 15) is 0 Å². The summed E-state index contributed by atoms with van der Waals surface area (Å²) in [5.74, 6) is 0. The topological polar surface area (TPSA) is 0 Å². The van der Waals surface area contributed by atoms with Gasteiger partial charge >= 0.3 is 37.7 Å². The van der Waals surface area contributed by atoms with Gasteiger partial charge in [0.1, 0.15) is 0 Å². The second-order valence-corrected chi connectivity index (χ2v) is 0. The molecule has 0 aliphatic rings. The first-order valence-electron chi connectivity index (χ1n) is 0.167. The van der Waals surface area contributed by atoms with Gasteiger partial charge in [0.2, 0.25) is 0 Å². The largest absolute Gasteiger partial charge is 1.00 e. The average molecular weight is 176 g/mol. The molecule has 6 heteroatoms. The van der Waals surface area contributed by atoms with Crippen molar-refractivity contribution in [2.45, 2.75) is 0 Å². The number of hydrogen-bond acceptors (Lipinski definition) is 2. The van der Waals surface area contributed by atoms with E-state index in [4.69, 9.17) is 0 Å². The first-order chi connectivity index (χ1) is 1.00. The summed E-state index contributed by atoms with van der Waals surface area (Å²) in [6.07, 6.45) is 0. The van der Waals surface area contributed by atoms with Crippen LogP contribution in [0.25, 0.3) is 0 Å². The molecule has 0 rings (SSSR count). The van der Waals surface area contributed by atoms with Crippen molar-refractivity contribution in [2.24, 2.45) is 0 Å². The Morgan fingerprint density at radius 3 is 0.833 bits per heavy atom. The summed E-state index contributed by atoms with van der Waals surface area (Å²) in [6, 6.07) is 0. The monoisotopic (exact) mass is 176 g/mol. The molecule has 6 heavy (non-hydrogen) atoms. The Balaban J connectivity index is -0.000000000333. The Morgan fingerprint density at radius 2 is 0.833 bits per heavy atom. The summed E-state index contributed by atoms with van der Waals surface area (Å²) < 4.78 is 0. The third-order valence-electron chi connectivity index (χ3n) is 0. The van der Waals surface area contributed by atoms with Gasteiger partial charge < -0.3 is 26.2 Å². The molecule has 0 saturated heterocycles. The van der Waals surface area contributed by atoms with E-state index >= 15 is 0 Å². The minimum Gasteiger partial charge on any atom is -1.00 e. The summed E-state index contributed by atoms with van der Waals surface area (Å²) in [5, 5.41) is 0. The predicted molar refractivity (Wildman–Crippen MR) is 17.0 cm³/mol. The smallest absolute Gasteiger partial charge is 1.00 e. The molecule has 0 fully saturated rings. The van der Waals surface area contributed by atoms with Gasteiger partial charge in [-0.1, -0.05) is 0 Å². The first kappa shape index (κ1) is 34.6. The fourth-order valence-electron chi connectivity index (χ4n) is 0. The Bertz CT molecular complexity index is 16.0. The molecular formula is H2Li2S2Ti2-2. The van der Waals surface area contributed by atoms with Crippen molar-refractivity contribution in [3.05, 3.63) is 0 Å². The Hall–Kier alpha value is 3.32. The molecule has 0 unspecified atom stereocenters. The van der Waals surface area contributed by atoms with E-state index in [-0.39, 0.29) is 84.0 Å². The van der Waals surface area contributed by atoms with E-state index in [0.717, 1.165) is 0 Å². The van der Waals surface area contributed by atoms with Crippen LogP contribution in [-0.4, -0.2) is 0 Å². The molecule has 0 heterocycles. The Labute approximate surface area is 106 Å². The van der Waals surface area contributed by atoms with Crippen molar-refractivity contribution in [1.82, 2.24) is 0 Å². The van der Waals surface area contributed by atoms with Crippen molar-refractivity contribution in [2.75, 3.05) is 0 Å². The summed E-state index contributed by atoms with van der Waals surface area (Å²) in [4.78, 5) is 0. The zero-order valence-electron chi connectivity index (χ0n) is 5.82. The summed E-state index contributed by atoms with van der Waals surface area (Å²) in [5.41, 5.74) is 0. The number of rotatable bonds is 0. The van der Waals surface area contributed by atoms with E-state index in [1.807, 2.05) is 0 Å². The van der Waals surface area contributed by atoms with Crippen LogP contribution >= 0.6 is 0 Å². The molecule has 0 saturated carbocycles. The molecule has 0 amide bonds. The molecule has 0 N–H and O–H groups in total. The molecule has 0 aromatic carbocycles. The second kappa shape index (κ2) is 40.4. The van der Waals surface area contributed by atoms with Gasteiger partial charge in [0.15, 0.2) is 0 Å². The van der Waals surface area contributed by atoms with Gasteiger partial charge in [-0.05, 0) is 0 Å². The second-order valence-electron chi connectivity index (χ2n) is 0. The molecule has 0 aromatic heterocycles. The van der Waals surface area contributed by atoms with Crippen LogP contribution in [0.4, 0.5) is 0 Å². The first-order valence-corrected chi connectivity index (χ1v) is 1.50. The van der Waals surface area contributed by atoms with E-state index in [1.54, 1.807) is 0 Å². The van der Waals surface area contributed by atoms with Gasteiger partial charge in [-0.2, -0.15) is 0 Å². The molecule has 0 radical (unpaired) electrons. The standard InChI is InChI=1S/2Li.S2.2Ti.2H/c;;1-2;;;;/q2*+1;-2;;;2*-1. The van der Waals surface area contributed by atoms with Crippen LogP contribution < -0.4 is 37.7 Å². The fourth-order valence-corrected chi connectivity index (χ4v) is 0. The van der Waals surface area contributed by atoms with Crippen molar-refractivity contribution >= 4 is 23.3 Å². The van der Waals surface area contributed by atoms with E-state index in [0.29, 0.717) is 0 Å². The predicted octanol–water partition coefficient (Wildman–Crippen LogP) is -5.78. The maximum Gasteiger partial charge on any atom is 1.00 e. The Kier molecular flexibility index (Phi) is 233. The zero-order valence-corrected chi connectivity index (χ0v) is 8.57. The molecule has 0 atom stereocenters. The summed E-state index contributed by atoms with van der Waals surface area (Å²) >= 11 is 7.33. The quantitative estimate of drug-likeness (QED) is 0.205. The molecule has 0 aliphatic carbocycles. The third-order valence-corrected chi connectivity index (χ3v) is 0. The van der Waals surface area contributed by atoms with Gasteiger partial charge in [0.05, 0.1) is 0 Å². The van der Waals surface area contributed by atoms with Crippen LogP contribution in [0.2, 0.25) is 0 Å². The van der Waals surface area contributed by atoms with Crippen LogP contribution in [0.5, 0.6) is 0 Å². The number of hydrogen-bond donors (Lipinski definition) is 0. The van der Waals surface area contributed by atoms with E-state index in [1.165, 1.54) is 0 Å². The maximum atomic E-state index is 3.67. The van der Waals surface area contributed by atoms with Crippen LogP contribution in [0.3, 0.4) is 0 Å². The summed E-state index contributed by atoms with van der Waals surface area (Å²) in [7, 11) is 0. The van der Waals surface area contributed by atoms with Crippen LogP contribution in [0.15, 0.2) is 0 Å². The molecule has 0 spiro atoms. The van der Waals surface area contributed by atoms with Gasteiger partial charge in [-0.3, -0.25) is 0 Å². The minimum atomic E-state index is 0.